The van der Waals surface area contributed by atoms with E-state index >= 15 is 0 Å². The number of halogens is 2. The molecule has 6 aromatic rings. The molecule has 2 aliphatic rings. The molecule has 0 aliphatic heterocycles. The predicted octanol–water partition coefficient (Wildman–Crippen LogP) is 12.2. The van der Waals surface area contributed by atoms with Gasteiger partial charge in [-0.2, -0.15) is 0 Å². The Hall–Kier alpha value is -5.90. The first-order valence-electron chi connectivity index (χ1n) is 21.6. The van der Waals surface area contributed by atoms with E-state index in [2.05, 4.69) is 63.4 Å². The highest BCUT2D eigenvalue weighted by atomic mass is 19.1. The van der Waals surface area contributed by atoms with Gasteiger partial charge in [0.25, 0.3) is 5.91 Å². The normalized spacial score (nSPS) is 17.9. The molecule has 0 radical (unpaired) electrons. The Kier molecular flexibility index (Phi) is 19.6. The molecule has 8 rings (SSSR count). The van der Waals surface area contributed by atoms with E-state index in [0.717, 1.165) is 52.9 Å². The van der Waals surface area contributed by atoms with Gasteiger partial charge in [0, 0.05) is 66.2 Å². The molecule has 2 saturated carbocycles. The number of amides is 2. The molecule has 61 heavy (non-hydrogen) atoms. The van der Waals surface area contributed by atoms with Crippen molar-refractivity contribution < 1.29 is 18.4 Å². The van der Waals surface area contributed by atoms with Crippen molar-refractivity contribution in [1.82, 2.24) is 25.3 Å². The Morgan fingerprint density at radius 2 is 1.15 bits per heavy atom. The van der Waals surface area contributed by atoms with Crippen LogP contribution in [-0.4, -0.2) is 38.8 Å². The summed E-state index contributed by atoms with van der Waals surface area (Å²) in [5.41, 5.74) is 15.6. The lowest BCUT2D eigenvalue weighted by atomic mass is 9.79. The Bertz CT molecular complexity index is 2180. The molecule has 8 nitrogen and oxygen atoms in total. The molecule has 0 atom stereocenters. The number of H-pyrrole nitrogens is 2. The van der Waals surface area contributed by atoms with Gasteiger partial charge in [-0.3, -0.25) is 19.6 Å². The van der Waals surface area contributed by atoms with Crippen molar-refractivity contribution in [1.29, 1.82) is 0 Å². The highest BCUT2D eigenvalue weighted by molar-refractivity contribution is 5.99. The number of benzene rings is 2. The molecule has 2 aliphatic carbocycles. The molecule has 324 valence electrons. The number of pyridine rings is 2. The van der Waals surface area contributed by atoms with Crippen LogP contribution in [0.4, 0.5) is 8.78 Å². The molecular formula is C51H64F2N6O2. The number of nitrogens with zero attached hydrogens (tertiary/aromatic N) is 2. The summed E-state index contributed by atoms with van der Waals surface area (Å²) < 4.78 is 25.3. The van der Waals surface area contributed by atoms with Gasteiger partial charge in [-0.1, -0.05) is 57.9 Å². The average molecular weight is 831 g/mol. The standard InChI is InChI=1S/C14H20N2O.C13H19N.C11H9FN2O.C11H10FN.C2H6/c1-11-8-14(6-7-16-11)13-4-2-12(3-5-13)9-15-10-17;1-10-3-5-12(6-4-10)13-7-8-14-11(2)9-13;12-8-3-1-7(2-4-8)9-5-14-6-10(9)11(13)15;1-8-6-13-7-11(8)9-2-4-10(12)5-3-9;1-2/h6-8,10,12-13H,2-5,9H2,1H3,(H,15,17);7-10,12H,3-6H2,1-2H3;1-6,14H,(H2,13,15);2-7,13H,1H3;1-2H3. The summed E-state index contributed by atoms with van der Waals surface area (Å²) in [5, 5.41) is 2.79. The zero-order chi connectivity index (χ0) is 44.1. The molecule has 0 spiro atoms. The molecule has 2 fully saturated rings. The van der Waals surface area contributed by atoms with Crippen LogP contribution in [0.2, 0.25) is 0 Å². The third-order valence-electron chi connectivity index (χ3n) is 11.4. The summed E-state index contributed by atoms with van der Waals surface area (Å²) in [7, 11) is 0. The van der Waals surface area contributed by atoms with E-state index in [9.17, 15) is 18.4 Å². The smallest absolute Gasteiger partial charge is 0.250 e. The van der Waals surface area contributed by atoms with E-state index < -0.39 is 5.91 Å². The average Bonchev–Trinajstić information content (AvgIpc) is 3.95. The van der Waals surface area contributed by atoms with Crippen molar-refractivity contribution in [3.63, 3.8) is 0 Å². The van der Waals surface area contributed by atoms with Crippen LogP contribution in [0.5, 0.6) is 0 Å². The summed E-state index contributed by atoms with van der Waals surface area (Å²) >= 11 is 0. The third kappa shape index (κ3) is 15.3. The van der Waals surface area contributed by atoms with Crippen molar-refractivity contribution in [3.8, 4) is 22.3 Å². The van der Waals surface area contributed by atoms with Gasteiger partial charge < -0.3 is 21.0 Å². The van der Waals surface area contributed by atoms with Crippen LogP contribution in [0.15, 0.2) is 110 Å². The number of hydrogen-bond acceptors (Lipinski definition) is 4. The van der Waals surface area contributed by atoms with Crippen molar-refractivity contribution in [3.05, 3.63) is 155 Å². The number of carbonyl (C=O) groups is 2. The van der Waals surface area contributed by atoms with Crippen LogP contribution in [-0.2, 0) is 4.79 Å². The second kappa shape index (κ2) is 25.0. The number of nitrogens with two attached hydrogens (primary N) is 1. The van der Waals surface area contributed by atoms with E-state index in [1.807, 2.05) is 52.5 Å². The van der Waals surface area contributed by atoms with E-state index in [-0.39, 0.29) is 11.6 Å². The van der Waals surface area contributed by atoms with E-state index in [4.69, 9.17) is 5.73 Å². The van der Waals surface area contributed by atoms with Gasteiger partial charge in [-0.25, -0.2) is 8.78 Å². The zero-order valence-electron chi connectivity index (χ0n) is 36.7. The molecule has 0 saturated heterocycles. The Balaban J connectivity index is 0.000000177. The van der Waals surface area contributed by atoms with Crippen LogP contribution in [0.25, 0.3) is 22.3 Å². The first kappa shape index (κ1) is 47.8. The number of aromatic nitrogens is 4. The van der Waals surface area contributed by atoms with E-state index in [1.54, 1.807) is 30.5 Å². The largest absolute Gasteiger partial charge is 0.367 e. The molecule has 10 heteroatoms. The first-order chi connectivity index (χ1) is 29.5. The molecule has 0 bridgehead atoms. The maximum Gasteiger partial charge on any atom is 0.250 e. The van der Waals surface area contributed by atoms with Crippen molar-refractivity contribution >= 4 is 12.3 Å². The fraction of sp³-hybridized carbons (Fsp3) is 0.373. The first-order valence-corrected chi connectivity index (χ1v) is 21.6. The minimum atomic E-state index is -0.504. The number of aryl methyl sites for hydroxylation is 3. The lowest BCUT2D eigenvalue weighted by Gasteiger charge is -2.28. The predicted molar refractivity (Wildman–Crippen MR) is 244 cm³/mol. The molecule has 0 unspecified atom stereocenters. The van der Waals surface area contributed by atoms with Gasteiger partial charge in [0.15, 0.2) is 0 Å². The Labute approximate surface area is 361 Å². The van der Waals surface area contributed by atoms with Crippen molar-refractivity contribution in [2.24, 2.45) is 17.6 Å². The fourth-order valence-corrected chi connectivity index (χ4v) is 7.97. The summed E-state index contributed by atoms with van der Waals surface area (Å²) in [4.78, 5) is 35.6. The monoisotopic (exact) mass is 831 g/mol. The van der Waals surface area contributed by atoms with Crippen LogP contribution < -0.4 is 11.1 Å². The zero-order valence-corrected chi connectivity index (χ0v) is 36.7. The number of rotatable bonds is 8. The molecule has 4 heterocycles. The molecular weight excluding hydrogens is 767 g/mol. The summed E-state index contributed by atoms with van der Waals surface area (Å²) in [6.07, 6.45) is 22.1. The minimum Gasteiger partial charge on any atom is -0.367 e. The van der Waals surface area contributed by atoms with Gasteiger partial charge in [-0.15, -0.1) is 0 Å². The second-order valence-corrected chi connectivity index (χ2v) is 15.9. The highest BCUT2D eigenvalue weighted by Gasteiger charge is 2.22. The number of carbonyl (C=O) groups excluding carboxylic acids is 2. The van der Waals surface area contributed by atoms with Crippen LogP contribution in [0.3, 0.4) is 0 Å². The SMILES string of the molecule is CC.Cc1c[nH]cc1-c1ccc(F)cc1.Cc1cc(C2CCC(C)CC2)ccn1.Cc1cc(C2CCC(CNC=O)CC2)ccn1.NC(=O)c1c[nH]cc1-c1ccc(F)cc1. The third-order valence-corrected chi connectivity index (χ3v) is 11.4. The maximum atomic E-state index is 12.7. The molecule has 2 amide bonds. The van der Waals surface area contributed by atoms with Gasteiger partial charge in [0.2, 0.25) is 6.41 Å². The maximum absolute atomic E-state index is 12.7. The van der Waals surface area contributed by atoms with Crippen molar-refractivity contribution in [2.75, 3.05) is 6.54 Å². The fourth-order valence-electron chi connectivity index (χ4n) is 7.97. The summed E-state index contributed by atoms with van der Waals surface area (Å²) in [6.45, 7) is 13.4. The molecule has 5 N–H and O–H groups in total. The molecule has 2 aromatic carbocycles. The highest BCUT2D eigenvalue weighted by Crippen LogP contribution is 2.36. The second-order valence-electron chi connectivity index (χ2n) is 15.9. The summed E-state index contributed by atoms with van der Waals surface area (Å²) in [5.74, 6) is 2.08. The van der Waals surface area contributed by atoms with Gasteiger partial charge in [0.1, 0.15) is 11.6 Å². The lowest BCUT2D eigenvalue weighted by Crippen LogP contribution is -2.25. The summed E-state index contributed by atoms with van der Waals surface area (Å²) in [6, 6.07) is 21.2. The number of hydrogen-bond donors (Lipinski definition) is 4. The van der Waals surface area contributed by atoms with Crippen molar-refractivity contribution in [2.45, 2.75) is 105 Å². The molecule has 4 aromatic heterocycles. The number of primary amides is 1. The minimum absolute atomic E-state index is 0.197. The quantitative estimate of drug-likeness (QED) is 0.114. The Morgan fingerprint density at radius 1 is 0.689 bits per heavy atom. The van der Waals surface area contributed by atoms with E-state index in [0.29, 0.717) is 23.0 Å². The topological polar surface area (TPSA) is 130 Å². The number of nitrogens with one attached hydrogen (secondary N) is 3. The lowest BCUT2D eigenvalue weighted by molar-refractivity contribution is -0.109. The van der Waals surface area contributed by atoms with Crippen LogP contribution >= 0.6 is 0 Å². The van der Waals surface area contributed by atoms with Gasteiger partial charge >= 0.3 is 0 Å². The Morgan fingerprint density at radius 3 is 1.59 bits per heavy atom. The van der Waals surface area contributed by atoms with Gasteiger partial charge in [0.05, 0.1) is 5.56 Å². The number of aromatic amines is 2. The van der Waals surface area contributed by atoms with Gasteiger partial charge in [-0.05, 0) is 159 Å². The van der Waals surface area contributed by atoms with E-state index in [1.165, 1.54) is 98.5 Å². The van der Waals surface area contributed by atoms with Crippen LogP contribution in [0, 0.1) is 44.2 Å². The van der Waals surface area contributed by atoms with Crippen LogP contribution in [0.1, 0.15) is 122 Å².